The fourth-order valence-corrected chi connectivity index (χ4v) is 1.69. The molecular weight excluding hydrogens is 178 g/mol. The van der Waals surface area contributed by atoms with Crippen molar-refractivity contribution in [2.75, 3.05) is 13.1 Å². The van der Waals surface area contributed by atoms with E-state index in [2.05, 4.69) is 0 Å². The topological polar surface area (TPSA) is 46.3 Å². The standard InChI is InChI=1S/C8H12F2N2O/c9-8(10)3-6(8)7(13)12-2-1-5(11)4-12/h5-6H,1-4,11H2. The summed E-state index contributed by atoms with van der Waals surface area (Å²) >= 11 is 0. The fourth-order valence-electron chi connectivity index (χ4n) is 1.69. The maximum Gasteiger partial charge on any atom is 0.260 e. The fraction of sp³-hybridized carbons (Fsp3) is 0.875. The number of nitrogens with zero attached hydrogens (tertiary/aromatic N) is 1. The van der Waals surface area contributed by atoms with E-state index in [1.807, 2.05) is 0 Å². The number of nitrogens with two attached hydrogens (primary N) is 1. The highest BCUT2D eigenvalue weighted by Crippen LogP contribution is 2.49. The van der Waals surface area contributed by atoms with Gasteiger partial charge in [0.1, 0.15) is 5.92 Å². The average Bonchev–Trinajstić information content (AvgIpc) is 2.47. The summed E-state index contributed by atoms with van der Waals surface area (Å²) in [5.74, 6) is -4.22. The summed E-state index contributed by atoms with van der Waals surface area (Å²) < 4.78 is 25.0. The normalized spacial score (nSPS) is 36.4. The van der Waals surface area contributed by atoms with E-state index >= 15 is 0 Å². The van der Waals surface area contributed by atoms with Crippen molar-refractivity contribution >= 4 is 5.91 Å². The van der Waals surface area contributed by atoms with Crippen molar-refractivity contribution in [2.24, 2.45) is 11.7 Å². The highest BCUT2D eigenvalue weighted by Gasteiger charge is 2.62. The van der Waals surface area contributed by atoms with Crippen LogP contribution in [0.4, 0.5) is 8.78 Å². The van der Waals surface area contributed by atoms with Crippen molar-refractivity contribution in [3.05, 3.63) is 0 Å². The number of carbonyl (C=O) groups is 1. The van der Waals surface area contributed by atoms with E-state index in [0.717, 1.165) is 6.42 Å². The van der Waals surface area contributed by atoms with Crippen LogP contribution in [0.15, 0.2) is 0 Å². The molecule has 13 heavy (non-hydrogen) atoms. The highest BCUT2D eigenvalue weighted by atomic mass is 19.3. The van der Waals surface area contributed by atoms with Gasteiger partial charge >= 0.3 is 0 Å². The smallest absolute Gasteiger partial charge is 0.260 e. The van der Waals surface area contributed by atoms with Gasteiger partial charge in [-0.05, 0) is 6.42 Å². The minimum absolute atomic E-state index is 0.0312. The molecule has 5 heteroatoms. The zero-order chi connectivity index (χ0) is 9.64. The molecule has 0 aromatic heterocycles. The van der Waals surface area contributed by atoms with E-state index < -0.39 is 17.7 Å². The van der Waals surface area contributed by atoms with Gasteiger partial charge in [-0.2, -0.15) is 0 Å². The van der Waals surface area contributed by atoms with Crippen molar-refractivity contribution in [1.29, 1.82) is 0 Å². The van der Waals surface area contributed by atoms with E-state index in [4.69, 9.17) is 5.73 Å². The third-order valence-corrected chi connectivity index (χ3v) is 2.66. The number of hydrogen-bond donors (Lipinski definition) is 1. The van der Waals surface area contributed by atoms with E-state index in [-0.39, 0.29) is 12.5 Å². The van der Waals surface area contributed by atoms with Crippen LogP contribution in [-0.4, -0.2) is 35.9 Å². The molecule has 2 aliphatic rings. The van der Waals surface area contributed by atoms with E-state index in [1.54, 1.807) is 0 Å². The summed E-state index contributed by atoms with van der Waals surface area (Å²) in [5, 5.41) is 0. The third kappa shape index (κ3) is 1.52. The molecule has 2 atom stereocenters. The first kappa shape index (κ1) is 8.87. The minimum Gasteiger partial charge on any atom is -0.341 e. The first-order chi connectivity index (χ1) is 6.00. The van der Waals surface area contributed by atoms with Crippen molar-refractivity contribution in [3.8, 4) is 0 Å². The van der Waals surface area contributed by atoms with E-state index in [1.165, 1.54) is 4.90 Å². The lowest BCUT2D eigenvalue weighted by Crippen LogP contribution is -2.34. The predicted octanol–water partition coefficient (Wildman–Crippen LogP) is 0.201. The van der Waals surface area contributed by atoms with Gasteiger partial charge in [0.25, 0.3) is 5.92 Å². The summed E-state index contributed by atoms with van der Waals surface area (Å²) in [6.45, 7) is 0.970. The van der Waals surface area contributed by atoms with E-state index in [0.29, 0.717) is 13.1 Å². The number of amides is 1. The maximum atomic E-state index is 12.5. The molecule has 1 amide bonds. The van der Waals surface area contributed by atoms with Gasteiger partial charge in [0.15, 0.2) is 0 Å². The quantitative estimate of drug-likeness (QED) is 0.642. The number of alkyl halides is 2. The van der Waals surface area contributed by atoms with Crippen LogP contribution >= 0.6 is 0 Å². The van der Waals surface area contributed by atoms with Gasteiger partial charge in [-0.1, -0.05) is 0 Å². The molecule has 0 radical (unpaired) electrons. The largest absolute Gasteiger partial charge is 0.341 e. The molecule has 1 heterocycles. The van der Waals surface area contributed by atoms with Crippen LogP contribution in [0.25, 0.3) is 0 Å². The molecule has 2 unspecified atom stereocenters. The molecule has 74 valence electrons. The molecule has 1 aliphatic carbocycles. The summed E-state index contributed by atoms with van der Waals surface area (Å²) in [6.07, 6.45) is 0.446. The second kappa shape index (κ2) is 2.64. The third-order valence-electron chi connectivity index (χ3n) is 2.66. The zero-order valence-electron chi connectivity index (χ0n) is 7.17. The molecule has 1 saturated carbocycles. The van der Waals surface area contributed by atoms with Crippen LogP contribution in [0, 0.1) is 5.92 Å². The van der Waals surface area contributed by atoms with Gasteiger partial charge in [0.2, 0.25) is 5.91 Å². The van der Waals surface area contributed by atoms with Gasteiger partial charge < -0.3 is 10.6 Å². The minimum atomic E-state index is -2.75. The molecule has 1 saturated heterocycles. The van der Waals surface area contributed by atoms with Crippen molar-refractivity contribution < 1.29 is 13.6 Å². The van der Waals surface area contributed by atoms with Crippen molar-refractivity contribution in [1.82, 2.24) is 4.90 Å². The first-order valence-electron chi connectivity index (χ1n) is 4.43. The van der Waals surface area contributed by atoms with Crippen LogP contribution in [0.1, 0.15) is 12.8 Å². The molecule has 3 nitrogen and oxygen atoms in total. The van der Waals surface area contributed by atoms with Crippen LogP contribution in [0.5, 0.6) is 0 Å². The van der Waals surface area contributed by atoms with Gasteiger partial charge in [-0.15, -0.1) is 0 Å². The first-order valence-corrected chi connectivity index (χ1v) is 4.43. The molecule has 2 N–H and O–H groups in total. The Labute approximate surface area is 74.9 Å². The van der Waals surface area contributed by atoms with Crippen LogP contribution in [0.3, 0.4) is 0 Å². The number of likely N-dealkylation sites (tertiary alicyclic amines) is 1. The second-order valence-electron chi connectivity index (χ2n) is 3.85. The SMILES string of the molecule is NC1CCN(C(=O)C2CC2(F)F)C1. The Balaban J connectivity index is 1.92. The molecule has 0 bridgehead atoms. The zero-order valence-corrected chi connectivity index (χ0v) is 7.17. The maximum absolute atomic E-state index is 12.5. The monoisotopic (exact) mass is 190 g/mol. The Morgan fingerprint density at radius 1 is 1.54 bits per heavy atom. The Bertz CT molecular complexity index is 244. The molecule has 2 rings (SSSR count). The molecule has 0 spiro atoms. The van der Waals surface area contributed by atoms with Gasteiger partial charge in [0, 0.05) is 25.6 Å². The Morgan fingerprint density at radius 3 is 2.54 bits per heavy atom. The summed E-state index contributed by atoms with van der Waals surface area (Å²) in [7, 11) is 0. The lowest BCUT2D eigenvalue weighted by Gasteiger charge is -2.14. The lowest BCUT2D eigenvalue weighted by molar-refractivity contribution is -0.133. The van der Waals surface area contributed by atoms with Crippen LogP contribution < -0.4 is 5.73 Å². The van der Waals surface area contributed by atoms with Gasteiger partial charge in [-0.25, -0.2) is 8.78 Å². The second-order valence-corrected chi connectivity index (χ2v) is 3.85. The average molecular weight is 190 g/mol. The number of carbonyl (C=O) groups excluding carboxylic acids is 1. The Hall–Kier alpha value is -0.710. The molecule has 2 fully saturated rings. The summed E-state index contributed by atoms with van der Waals surface area (Å²) in [4.78, 5) is 12.8. The lowest BCUT2D eigenvalue weighted by atomic mass is 10.3. The Kier molecular flexibility index (Phi) is 1.80. The van der Waals surface area contributed by atoms with Crippen molar-refractivity contribution in [3.63, 3.8) is 0 Å². The molecular formula is C8H12F2N2O. The number of hydrogen-bond acceptors (Lipinski definition) is 2. The number of rotatable bonds is 1. The molecule has 0 aromatic rings. The van der Waals surface area contributed by atoms with Gasteiger partial charge in [-0.3, -0.25) is 4.79 Å². The van der Waals surface area contributed by atoms with Gasteiger partial charge in [0.05, 0.1) is 0 Å². The highest BCUT2D eigenvalue weighted by molar-refractivity contribution is 5.83. The molecule has 0 aromatic carbocycles. The van der Waals surface area contributed by atoms with E-state index in [9.17, 15) is 13.6 Å². The summed E-state index contributed by atoms with van der Waals surface area (Å²) in [6, 6.07) is -0.0312. The van der Waals surface area contributed by atoms with Crippen LogP contribution in [-0.2, 0) is 4.79 Å². The predicted molar refractivity (Wildman–Crippen MR) is 42.2 cm³/mol. The molecule has 1 aliphatic heterocycles. The Morgan fingerprint density at radius 2 is 2.15 bits per heavy atom. The van der Waals surface area contributed by atoms with Crippen molar-refractivity contribution in [2.45, 2.75) is 24.8 Å². The van der Waals surface area contributed by atoms with Crippen LogP contribution in [0.2, 0.25) is 0 Å². The number of halogens is 2. The summed E-state index contributed by atoms with van der Waals surface area (Å²) in [5.41, 5.74) is 5.57.